The third-order valence-corrected chi connectivity index (χ3v) is 5.12. The van der Waals surface area contributed by atoms with Crippen LogP contribution in [-0.2, 0) is 16.9 Å². The highest BCUT2D eigenvalue weighted by atomic mass is 16.5. The zero-order valence-electron chi connectivity index (χ0n) is 15.6. The molecule has 1 heterocycles. The molecule has 1 aliphatic rings. The van der Waals surface area contributed by atoms with Gasteiger partial charge in [0.05, 0.1) is 13.7 Å². The number of carbonyl (C=O) groups is 2. The number of urea groups is 1. The highest BCUT2D eigenvalue weighted by molar-refractivity contribution is 6.07. The number of rotatable bonds is 5. The van der Waals surface area contributed by atoms with Gasteiger partial charge in [-0.25, -0.2) is 4.79 Å². The zero-order chi connectivity index (χ0) is 18.9. The van der Waals surface area contributed by atoms with E-state index in [0.29, 0.717) is 12.2 Å². The van der Waals surface area contributed by atoms with Crippen molar-refractivity contribution in [2.45, 2.75) is 39.3 Å². The molecule has 1 atom stereocenters. The van der Waals surface area contributed by atoms with E-state index in [-0.39, 0.29) is 18.5 Å². The van der Waals surface area contributed by atoms with Gasteiger partial charge >= 0.3 is 6.03 Å². The lowest BCUT2D eigenvalue weighted by atomic mass is 9.87. The number of ether oxygens (including phenoxy) is 1. The molecule has 0 saturated carbocycles. The number of carbonyl (C=O) groups excluding carboxylic acids is 2. The van der Waals surface area contributed by atoms with Gasteiger partial charge in [-0.1, -0.05) is 42.8 Å². The number of aryl methyl sites for hydroxylation is 2. The van der Waals surface area contributed by atoms with Gasteiger partial charge in [-0.3, -0.25) is 9.69 Å². The molecule has 2 aromatic rings. The molecule has 0 unspecified atom stereocenters. The lowest BCUT2D eigenvalue weighted by molar-refractivity contribution is -0.132. The van der Waals surface area contributed by atoms with Crippen molar-refractivity contribution in [1.29, 1.82) is 0 Å². The first-order chi connectivity index (χ1) is 12.4. The predicted molar refractivity (Wildman–Crippen MR) is 100.0 cm³/mol. The molecule has 136 valence electrons. The second-order valence-corrected chi connectivity index (χ2v) is 6.74. The summed E-state index contributed by atoms with van der Waals surface area (Å²) in [5.41, 5.74) is 2.89. The van der Waals surface area contributed by atoms with Gasteiger partial charge in [-0.05, 0) is 49.1 Å². The summed E-state index contributed by atoms with van der Waals surface area (Å²) in [6, 6.07) is 13.0. The van der Waals surface area contributed by atoms with Crippen LogP contribution < -0.4 is 10.1 Å². The van der Waals surface area contributed by atoms with E-state index in [1.54, 1.807) is 19.2 Å². The summed E-state index contributed by atoms with van der Waals surface area (Å²) in [6.45, 7) is 6.17. The molecule has 1 aliphatic heterocycles. The molecule has 5 nitrogen and oxygen atoms in total. The minimum Gasteiger partial charge on any atom is -0.497 e. The second kappa shape index (κ2) is 6.83. The van der Waals surface area contributed by atoms with Gasteiger partial charge in [0.1, 0.15) is 11.3 Å². The Labute approximate surface area is 154 Å². The SMILES string of the molecule is CC[C@@]1(c2ccc(OC)cc2)NC(=O)N(Cc2cc(C)ccc2C)C1=O. The Morgan fingerprint density at radius 2 is 1.77 bits per heavy atom. The van der Waals surface area contributed by atoms with Gasteiger partial charge < -0.3 is 10.1 Å². The van der Waals surface area contributed by atoms with Crippen LogP contribution in [0.1, 0.15) is 35.6 Å². The summed E-state index contributed by atoms with van der Waals surface area (Å²) < 4.78 is 5.19. The number of methoxy groups -OCH3 is 1. The van der Waals surface area contributed by atoms with Crippen LogP contribution in [0.2, 0.25) is 0 Å². The maximum Gasteiger partial charge on any atom is 0.325 e. The number of benzene rings is 2. The first-order valence-electron chi connectivity index (χ1n) is 8.76. The molecule has 1 N–H and O–H groups in total. The van der Waals surface area contributed by atoms with Crippen LogP contribution in [0.4, 0.5) is 4.79 Å². The Kier molecular flexibility index (Phi) is 4.72. The summed E-state index contributed by atoms with van der Waals surface area (Å²) in [4.78, 5) is 27.2. The molecule has 2 aromatic carbocycles. The fourth-order valence-corrected chi connectivity index (χ4v) is 3.43. The van der Waals surface area contributed by atoms with Crippen LogP contribution in [0.5, 0.6) is 5.75 Å². The van der Waals surface area contributed by atoms with Crippen molar-refractivity contribution in [3.8, 4) is 5.75 Å². The van der Waals surface area contributed by atoms with Crippen LogP contribution in [-0.4, -0.2) is 23.9 Å². The van der Waals surface area contributed by atoms with Crippen LogP contribution in [0.3, 0.4) is 0 Å². The van der Waals surface area contributed by atoms with E-state index < -0.39 is 5.54 Å². The second-order valence-electron chi connectivity index (χ2n) is 6.74. The maximum atomic E-state index is 13.2. The zero-order valence-corrected chi connectivity index (χ0v) is 15.6. The number of hydrogen-bond acceptors (Lipinski definition) is 3. The molecule has 0 bridgehead atoms. The van der Waals surface area contributed by atoms with Gasteiger partial charge in [0, 0.05) is 0 Å². The van der Waals surface area contributed by atoms with Crippen molar-refractivity contribution in [2.75, 3.05) is 7.11 Å². The van der Waals surface area contributed by atoms with E-state index in [2.05, 4.69) is 5.32 Å². The molecule has 5 heteroatoms. The monoisotopic (exact) mass is 352 g/mol. The predicted octanol–water partition coefficient (Wildman–Crippen LogP) is 3.67. The summed E-state index contributed by atoms with van der Waals surface area (Å²) in [5, 5.41) is 2.92. The molecule has 1 fully saturated rings. The summed E-state index contributed by atoms with van der Waals surface area (Å²) in [7, 11) is 1.60. The van der Waals surface area contributed by atoms with Crippen LogP contribution >= 0.6 is 0 Å². The third-order valence-electron chi connectivity index (χ3n) is 5.12. The van der Waals surface area contributed by atoms with E-state index in [1.807, 2.05) is 51.1 Å². The molecular weight excluding hydrogens is 328 g/mol. The first kappa shape index (κ1) is 18.0. The fraction of sp³-hybridized carbons (Fsp3) is 0.333. The quantitative estimate of drug-likeness (QED) is 0.835. The van der Waals surface area contributed by atoms with Gasteiger partial charge in [0.2, 0.25) is 0 Å². The fourth-order valence-electron chi connectivity index (χ4n) is 3.43. The molecule has 0 radical (unpaired) electrons. The van der Waals surface area contributed by atoms with E-state index in [9.17, 15) is 9.59 Å². The van der Waals surface area contributed by atoms with Crippen molar-refractivity contribution in [2.24, 2.45) is 0 Å². The summed E-state index contributed by atoms with van der Waals surface area (Å²) in [5.74, 6) is 0.500. The van der Waals surface area contributed by atoms with E-state index in [4.69, 9.17) is 4.74 Å². The third kappa shape index (κ3) is 2.94. The molecule has 26 heavy (non-hydrogen) atoms. The van der Waals surface area contributed by atoms with Crippen LogP contribution in [0, 0.1) is 13.8 Å². The Morgan fingerprint density at radius 1 is 1.08 bits per heavy atom. The van der Waals surface area contributed by atoms with E-state index in [0.717, 1.165) is 22.3 Å². The smallest absolute Gasteiger partial charge is 0.325 e. The molecule has 0 spiro atoms. The van der Waals surface area contributed by atoms with E-state index in [1.165, 1.54) is 4.90 Å². The summed E-state index contributed by atoms with van der Waals surface area (Å²) in [6.07, 6.45) is 0.479. The Balaban J connectivity index is 1.94. The molecular formula is C21H24N2O3. The van der Waals surface area contributed by atoms with Crippen molar-refractivity contribution in [1.82, 2.24) is 10.2 Å². The average molecular weight is 352 g/mol. The van der Waals surface area contributed by atoms with Gasteiger partial charge in [-0.15, -0.1) is 0 Å². The highest BCUT2D eigenvalue weighted by Gasteiger charge is 2.51. The average Bonchev–Trinajstić information content (AvgIpc) is 2.90. The van der Waals surface area contributed by atoms with Gasteiger partial charge in [0.15, 0.2) is 0 Å². The Bertz CT molecular complexity index is 845. The number of imide groups is 1. The first-order valence-corrected chi connectivity index (χ1v) is 8.76. The van der Waals surface area contributed by atoms with Crippen molar-refractivity contribution in [3.05, 3.63) is 64.7 Å². The number of hydrogen-bond donors (Lipinski definition) is 1. The Hall–Kier alpha value is -2.82. The molecule has 1 saturated heterocycles. The minimum atomic E-state index is -1.03. The molecule has 0 aliphatic carbocycles. The number of nitrogens with one attached hydrogen (secondary N) is 1. The highest BCUT2D eigenvalue weighted by Crippen LogP contribution is 2.34. The van der Waals surface area contributed by atoms with Crippen LogP contribution in [0.15, 0.2) is 42.5 Å². The standard InChI is InChI=1S/C21H24N2O3/c1-5-21(17-8-10-18(26-4)11-9-17)19(24)23(20(25)22-21)13-16-12-14(2)6-7-15(16)3/h6-12H,5,13H2,1-4H3,(H,22,25)/t21-/m0/s1. The normalized spacial score (nSPS) is 19.6. The summed E-state index contributed by atoms with van der Waals surface area (Å²) >= 11 is 0. The topological polar surface area (TPSA) is 58.6 Å². The maximum absolute atomic E-state index is 13.2. The van der Waals surface area contributed by atoms with Gasteiger partial charge in [-0.2, -0.15) is 0 Å². The van der Waals surface area contributed by atoms with Gasteiger partial charge in [0.25, 0.3) is 5.91 Å². The van der Waals surface area contributed by atoms with Crippen LogP contribution in [0.25, 0.3) is 0 Å². The molecule has 3 rings (SSSR count). The Morgan fingerprint density at radius 3 is 2.38 bits per heavy atom. The molecule has 0 aromatic heterocycles. The number of nitrogens with zero attached hydrogens (tertiary/aromatic N) is 1. The van der Waals surface area contributed by atoms with Crippen molar-refractivity contribution < 1.29 is 14.3 Å². The molecule has 3 amide bonds. The van der Waals surface area contributed by atoms with Crippen molar-refractivity contribution in [3.63, 3.8) is 0 Å². The minimum absolute atomic E-state index is 0.212. The number of amides is 3. The lowest BCUT2D eigenvalue weighted by Gasteiger charge is -2.26. The largest absolute Gasteiger partial charge is 0.497 e. The van der Waals surface area contributed by atoms with E-state index >= 15 is 0 Å². The van der Waals surface area contributed by atoms with Crippen molar-refractivity contribution >= 4 is 11.9 Å². The lowest BCUT2D eigenvalue weighted by Crippen LogP contribution is -2.43.